The fourth-order valence-corrected chi connectivity index (χ4v) is 8.24. The molecular formula is C44H48N4O2. The van der Waals surface area contributed by atoms with Gasteiger partial charge in [0.25, 0.3) is 0 Å². The van der Waals surface area contributed by atoms with E-state index in [0.29, 0.717) is 19.6 Å². The molecule has 0 radical (unpaired) electrons. The second-order valence-electron chi connectivity index (χ2n) is 13.9. The maximum atomic E-state index is 13.9. The van der Waals surface area contributed by atoms with Crippen molar-refractivity contribution in [3.8, 4) is 0 Å². The molecule has 0 saturated carbocycles. The molecule has 2 fully saturated rings. The molecule has 2 aliphatic heterocycles. The smallest absolute Gasteiger partial charge is 0.411 e. The first kappa shape index (κ1) is 33.7. The van der Waals surface area contributed by atoms with Crippen LogP contribution in [0.25, 0.3) is 0 Å². The molecule has 50 heavy (non-hydrogen) atoms. The van der Waals surface area contributed by atoms with Gasteiger partial charge >= 0.3 is 6.09 Å². The molecule has 1 amide bonds. The molecule has 1 unspecified atom stereocenters. The number of nitrogens with zero attached hydrogens (tertiary/aromatic N) is 3. The van der Waals surface area contributed by atoms with E-state index < -0.39 is 6.17 Å². The van der Waals surface area contributed by atoms with Gasteiger partial charge in [-0.1, -0.05) is 152 Å². The van der Waals surface area contributed by atoms with Gasteiger partial charge in [0.1, 0.15) is 6.61 Å². The van der Waals surface area contributed by atoms with Crippen LogP contribution in [-0.2, 0) is 22.2 Å². The minimum absolute atomic E-state index is 0.100. The monoisotopic (exact) mass is 664 g/mol. The third-order valence-electron chi connectivity index (χ3n) is 10.9. The summed E-state index contributed by atoms with van der Waals surface area (Å²) in [5.41, 5.74) is 13.0. The molecule has 6 heteroatoms. The lowest BCUT2D eigenvalue weighted by Crippen LogP contribution is -2.54. The normalized spacial score (nSPS) is 17.7. The fraction of sp³-hybridized carbons (Fsp3) is 0.295. The van der Waals surface area contributed by atoms with Gasteiger partial charge in [-0.3, -0.25) is 9.80 Å². The van der Waals surface area contributed by atoms with Crippen molar-refractivity contribution in [2.24, 2.45) is 5.73 Å². The van der Waals surface area contributed by atoms with Crippen LogP contribution in [0.5, 0.6) is 0 Å². The average molecular weight is 665 g/mol. The molecule has 0 bridgehead atoms. The first-order valence-corrected chi connectivity index (χ1v) is 18.0. The van der Waals surface area contributed by atoms with E-state index in [1.165, 1.54) is 22.3 Å². The third-order valence-corrected chi connectivity index (χ3v) is 10.9. The lowest BCUT2D eigenvalue weighted by atomic mass is 9.74. The number of carbonyl (C=O) groups is 1. The van der Waals surface area contributed by atoms with Crippen LogP contribution >= 0.6 is 0 Å². The van der Waals surface area contributed by atoms with Gasteiger partial charge in [0.15, 0.2) is 0 Å². The lowest BCUT2D eigenvalue weighted by molar-refractivity contribution is 0.0688. The highest BCUT2D eigenvalue weighted by atomic mass is 16.6. The number of carbonyl (C=O) groups excluding carboxylic acids is 1. The number of hydrogen-bond donors (Lipinski definition) is 1. The highest BCUT2D eigenvalue weighted by molar-refractivity contribution is 5.68. The zero-order valence-electron chi connectivity index (χ0n) is 28.8. The third kappa shape index (κ3) is 7.24. The maximum absolute atomic E-state index is 13.9. The van der Waals surface area contributed by atoms with E-state index in [0.717, 1.165) is 44.6 Å². The van der Waals surface area contributed by atoms with Crippen molar-refractivity contribution in [3.05, 3.63) is 179 Å². The average Bonchev–Trinajstić information content (AvgIpc) is 3.82. The molecule has 256 valence electrons. The topological polar surface area (TPSA) is 62.0 Å². The zero-order valence-corrected chi connectivity index (χ0v) is 28.8. The summed E-state index contributed by atoms with van der Waals surface area (Å²) in [6.07, 6.45) is 1.12. The largest absolute Gasteiger partial charge is 0.445 e. The number of ether oxygens (including phenoxy) is 1. The summed E-state index contributed by atoms with van der Waals surface area (Å²) in [4.78, 5) is 20.5. The Bertz CT molecular complexity index is 1710. The van der Waals surface area contributed by atoms with Crippen LogP contribution in [0.3, 0.4) is 0 Å². The summed E-state index contributed by atoms with van der Waals surface area (Å²) < 4.78 is 5.92. The Morgan fingerprint density at radius 1 is 0.620 bits per heavy atom. The van der Waals surface area contributed by atoms with Gasteiger partial charge in [0.05, 0.1) is 6.17 Å². The molecule has 5 aromatic rings. The molecule has 0 aromatic heterocycles. The highest BCUT2D eigenvalue weighted by Gasteiger charge is 2.43. The summed E-state index contributed by atoms with van der Waals surface area (Å²) >= 11 is 0. The van der Waals surface area contributed by atoms with Crippen LogP contribution in [0.1, 0.15) is 40.7 Å². The van der Waals surface area contributed by atoms with Crippen LogP contribution < -0.4 is 5.73 Å². The van der Waals surface area contributed by atoms with Crippen molar-refractivity contribution in [3.63, 3.8) is 0 Å². The standard InChI is InChI=1S/C44H48N4O2/c45-41(32-47-29-27-44(35-47,39-22-12-4-13-23-39)40-24-14-5-15-25-40)48(42(49)50-33-36-16-6-1-7-17-36)31-30-46-28-26-43(34-46,37-18-8-2-9-19-37)38-20-10-3-11-21-38/h1-25,41H,26-35,45H2. The number of nitrogens with two attached hydrogens (primary N) is 1. The van der Waals surface area contributed by atoms with Crippen molar-refractivity contribution in [2.45, 2.75) is 36.4 Å². The first-order chi connectivity index (χ1) is 24.6. The number of rotatable bonds is 12. The SMILES string of the molecule is NC(CN1CCC(c2ccccc2)(c2ccccc2)C1)N(CCN1CCC(c2ccccc2)(c2ccccc2)C1)C(=O)OCc1ccccc1. The summed E-state index contributed by atoms with van der Waals surface area (Å²) in [6.45, 7) is 5.54. The van der Waals surface area contributed by atoms with Crippen LogP contribution in [0.2, 0.25) is 0 Å². The predicted octanol–water partition coefficient (Wildman–Crippen LogP) is 7.29. The van der Waals surface area contributed by atoms with Crippen LogP contribution in [-0.4, -0.2) is 72.8 Å². The second-order valence-corrected chi connectivity index (χ2v) is 13.9. The quantitative estimate of drug-likeness (QED) is 0.142. The molecule has 7 rings (SSSR count). The van der Waals surface area contributed by atoms with E-state index in [9.17, 15) is 4.79 Å². The Balaban J connectivity index is 1.08. The van der Waals surface area contributed by atoms with Crippen LogP contribution in [0.15, 0.2) is 152 Å². The minimum Gasteiger partial charge on any atom is -0.445 e. The first-order valence-electron chi connectivity index (χ1n) is 18.0. The van der Waals surface area contributed by atoms with Gasteiger partial charge in [0, 0.05) is 43.6 Å². The molecule has 0 spiro atoms. The fourth-order valence-electron chi connectivity index (χ4n) is 8.24. The van der Waals surface area contributed by atoms with Gasteiger partial charge in [-0.15, -0.1) is 0 Å². The lowest BCUT2D eigenvalue weighted by Gasteiger charge is -2.35. The predicted molar refractivity (Wildman–Crippen MR) is 201 cm³/mol. The van der Waals surface area contributed by atoms with Crippen molar-refractivity contribution in [1.29, 1.82) is 0 Å². The molecule has 1 atom stereocenters. The minimum atomic E-state index is -0.517. The van der Waals surface area contributed by atoms with Crippen molar-refractivity contribution in [1.82, 2.24) is 14.7 Å². The van der Waals surface area contributed by atoms with Gasteiger partial charge in [-0.25, -0.2) is 4.79 Å². The molecular weight excluding hydrogens is 617 g/mol. The molecule has 0 aliphatic carbocycles. The van der Waals surface area contributed by atoms with Gasteiger partial charge < -0.3 is 15.4 Å². The van der Waals surface area contributed by atoms with E-state index in [1.54, 1.807) is 4.90 Å². The summed E-state index contributed by atoms with van der Waals surface area (Å²) in [5.74, 6) is 0. The summed E-state index contributed by atoms with van der Waals surface area (Å²) in [7, 11) is 0. The number of benzene rings is 5. The molecule has 2 N–H and O–H groups in total. The maximum Gasteiger partial charge on any atom is 0.411 e. The summed E-state index contributed by atoms with van der Waals surface area (Å²) in [5, 5.41) is 0. The van der Waals surface area contributed by atoms with Crippen molar-refractivity contribution in [2.75, 3.05) is 45.8 Å². The molecule has 2 heterocycles. The van der Waals surface area contributed by atoms with E-state index >= 15 is 0 Å². The molecule has 2 aliphatic rings. The van der Waals surface area contributed by atoms with Crippen molar-refractivity contribution >= 4 is 6.09 Å². The van der Waals surface area contributed by atoms with Crippen molar-refractivity contribution < 1.29 is 9.53 Å². The molecule has 2 saturated heterocycles. The second kappa shape index (κ2) is 15.4. The Labute approximate surface area is 297 Å². The van der Waals surface area contributed by atoms with Gasteiger partial charge in [-0.05, 0) is 53.7 Å². The number of amides is 1. The van der Waals surface area contributed by atoms with E-state index in [2.05, 4.69) is 131 Å². The number of likely N-dealkylation sites (tertiary alicyclic amines) is 2. The number of hydrogen-bond acceptors (Lipinski definition) is 5. The molecule has 5 aromatic carbocycles. The van der Waals surface area contributed by atoms with E-state index in [-0.39, 0.29) is 23.5 Å². The van der Waals surface area contributed by atoms with Crippen LogP contribution in [0, 0.1) is 0 Å². The Morgan fingerprint density at radius 2 is 1.02 bits per heavy atom. The van der Waals surface area contributed by atoms with Gasteiger partial charge in [-0.2, -0.15) is 0 Å². The Kier molecular flexibility index (Phi) is 10.4. The van der Waals surface area contributed by atoms with E-state index in [1.807, 2.05) is 30.3 Å². The zero-order chi connectivity index (χ0) is 34.2. The molecule has 6 nitrogen and oxygen atoms in total. The highest BCUT2D eigenvalue weighted by Crippen LogP contribution is 2.42. The summed E-state index contributed by atoms with van der Waals surface area (Å²) in [6, 6.07) is 53.2. The Morgan fingerprint density at radius 3 is 1.48 bits per heavy atom. The Hall–Kier alpha value is -4.75. The van der Waals surface area contributed by atoms with Crippen LogP contribution in [0.4, 0.5) is 4.79 Å². The van der Waals surface area contributed by atoms with E-state index in [4.69, 9.17) is 10.5 Å². The van der Waals surface area contributed by atoms with Gasteiger partial charge in [0.2, 0.25) is 0 Å².